The smallest absolute Gasteiger partial charge is 0.264 e. The molecule has 1 aromatic rings. The van der Waals surface area contributed by atoms with E-state index in [1.54, 1.807) is 6.92 Å². The Morgan fingerprint density at radius 2 is 2.42 bits per heavy atom. The predicted octanol–water partition coefficient (Wildman–Crippen LogP) is 2.26. The quantitative estimate of drug-likeness (QED) is 0.769. The molecule has 3 nitrogen and oxygen atoms in total. The van der Waals surface area contributed by atoms with Crippen LogP contribution in [0.2, 0.25) is 0 Å². The topological polar surface area (TPSA) is 42.0 Å². The number of hydrogen-bond donors (Lipinski definition) is 1. The van der Waals surface area contributed by atoms with Gasteiger partial charge in [-0.05, 0) is 25.4 Å². The molecule has 0 bridgehead atoms. The third-order valence-corrected chi connectivity index (χ3v) is 2.72. The van der Waals surface area contributed by atoms with Gasteiger partial charge >= 0.3 is 0 Å². The van der Waals surface area contributed by atoms with E-state index >= 15 is 0 Å². The molecule has 0 saturated carbocycles. The summed E-state index contributed by atoms with van der Waals surface area (Å²) < 4.78 is 0. The van der Waals surface area contributed by atoms with Gasteiger partial charge in [-0.25, -0.2) is 4.98 Å². The van der Waals surface area contributed by atoms with Crippen LogP contribution in [0.5, 0.6) is 0 Å². The molecule has 0 atom stereocenters. The Bertz CT molecular complexity index is 298. The van der Waals surface area contributed by atoms with Gasteiger partial charge in [0.15, 0.2) is 5.13 Å². The van der Waals surface area contributed by atoms with Crippen LogP contribution in [0.4, 0.5) is 5.13 Å². The third kappa shape index (κ3) is 1.95. The van der Waals surface area contributed by atoms with Crippen LogP contribution in [-0.2, 0) is 0 Å². The van der Waals surface area contributed by atoms with E-state index in [1.807, 2.05) is 6.92 Å². The van der Waals surface area contributed by atoms with Gasteiger partial charge in [-0.2, -0.15) is 0 Å². The molecule has 0 aliphatic carbocycles. The van der Waals surface area contributed by atoms with Crippen LogP contribution in [-0.4, -0.2) is 16.8 Å². The molecule has 0 unspecified atom stereocenters. The van der Waals surface area contributed by atoms with Gasteiger partial charge in [0.05, 0.1) is 5.69 Å². The van der Waals surface area contributed by atoms with E-state index in [2.05, 4.69) is 10.3 Å². The molecule has 0 saturated heterocycles. The maximum Gasteiger partial charge on any atom is 0.264 e. The maximum absolute atomic E-state index is 10.8. The van der Waals surface area contributed by atoms with Crippen molar-refractivity contribution in [3.63, 3.8) is 0 Å². The average molecular weight is 205 g/mol. The molecule has 0 fully saturated rings. The van der Waals surface area contributed by atoms with Gasteiger partial charge in [0.25, 0.3) is 5.24 Å². The Hall–Kier alpha value is -0.610. The molecule has 1 rings (SSSR count). The highest BCUT2D eigenvalue weighted by atomic mass is 35.5. The van der Waals surface area contributed by atoms with Gasteiger partial charge in [-0.3, -0.25) is 4.79 Å². The van der Waals surface area contributed by atoms with Crippen LogP contribution in [0.15, 0.2) is 0 Å². The first-order valence-corrected chi connectivity index (χ1v) is 4.75. The molecule has 0 amide bonds. The molecule has 1 N–H and O–H groups in total. The fourth-order valence-corrected chi connectivity index (χ4v) is 1.92. The molecule has 0 spiro atoms. The third-order valence-electron chi connectivity index (χ3n) is 1.30. The number of hydrogen-bond acceptors (Lipinski definition) is 4. The summed E-state index contributed by atoms with van der Waals surface area (Å²) in [6, 6.07) is 0. The number of nitrogens with zero attached hydrogens (tertiary/aromatic N) is 1. The van der Waals surface area contributed by atoms with Gasteiger partial charge in [0.2, 0.25) is 0 Å². The van der Waals surface area contributed by atoms with Crippen LogP contribution in [0.1, 0.15) is 22.3 Å². The Morgan fingerprint density at radius 1 is 1.75 bits per heavy atom. The lowest BCUT2D eigenvalue weighted by atomic mass is 10.4. The number of halogens is 1. The molecule has 5 heteroatoms. The maximum atomic E-state index is 10.8. The van der Waals surface area contributed by atoms with Gasteiger partial charge < -0.3 is 5.32 Å². The van der Waals surface area contributed by atoms with Gasteiger partial charge in [-0.1, -0.05) is 11.3 Å². The Labute approximate surface area is 79.8 Å². The van der Waals surface area contributed by atoms with Crippen LogP contribution in [0.25, 0.3) is 0 Å². The standard InChI is InChI=1S/C7H9ClN2OS/c1-3-9-7-10-4(2)5(12-7)6(8)11/h3H2,1-2H3,(H,9,10). The molecule has 0 radical (unpaired) electrons. The molecule has 0 aliphatic heterocycles. The first-order chi connectivity index (χ1) is 5.65. The van der Waals surface area contributed by atoms with Crippen molar-refractivity contribution < 1.29 is 4.79 Å². The minimum Gasteiger partial charge on any atom is -0.362 e. The van der Waals surface area contributed by atoms with Gasteiger partial charge in [0, 0.05) is 6.54 Å². The molecule has 0 aromatic carbocycles. The number of aryl methyl sites for hydroxylation is 1. The fraction of sp³-hybridized carbons (Fsp3) is 0.429. The van der Waals surface area contributed by atoms with E-state index in [4.69, 9.17) is 11.6 Å². The lowest BCUT2D eigenvalue weighted by molar-refractivity contribution is 0.108. The van der Waals surface area contributed by atoms with Crippen molar-refractivity contribution >= 4 is 33.3 Å². The highest BCUT2D eigenvalue weighted by Gasteiger charge is 2.11. The number of carbonyl (C=O) groups excluding carboxylic acids is 1. The minimum atomic E-state index is -0.436. The predicted molar refractivity (Wildman–Crippen MR) is 51.2 cm³/mol. The number of thiazole rings is 1. The zero-order valence-electron chi connectivity index (χ0n) is 6.85. The summed E-state index contributed by atoms with van der Waals surface area (Å²) >= 11 is 6.61. The zero-order chi connectivity index (χ0) is 9.14. The van der Waals surface area contributed by atoms with Crippen molar-refractivity contribution in [2.24, 2.45) is 0 Å². The Kier molecular flexibility index (Phi) is 3.05. The van der Waals surface area contributed by atoms with Crippen LogP contribution in [0, 0.1) is 6.92 Å². The first-order valence-electron chi connectivity index (χ1n) is 3.56. The molecule has 1 aromatic heterocycles. The summed E-state index contributed by atoms with van der Waals surface area (Å²) in [4.78, 5) is 15.4. The van der Waals surface area contributed by atoms with Crippen LogP contribution < -0.4 is 5.32 Å². The van der Waals surface area contributed by atoms with E-state index in [9.17, 15) is 4.79 Å². The summed E-state index contributed by atoms with van der Waals surface area (Å²) in [5.74, 6) is 0. The summed E-state index contributed by atoms with van der Waals surface area (Å²) in [5.41, 5.74) is 0.691. The minimum absolute atomic E-state index is 0.436. The normalized spacial score (nSPS) is 9.92. The number of anilines is 1. The monoisotopic (exact) mass is 204 g/mol. The summed E-state index contributed by atoms with van der Waals surface area (Å²) in [5, 5.41) is 3.33. The lowest BCUT2D eigenvalue weighted by Crippen LogP contribution is -1.94. The number of carbonyl (C=O) groups is 1. The number of aromatic nitrogens is 1. The zero-order valence-corrected chi connectivity index (χ0v) is 8.42. The van der Waals surface area contributed by atoms with Crippen molar-refractivity contribution in [3.05, 3.63) is 10.6 Å². The van der Waals surface area contributed by atoms with Crippen molar-refractivity contribution in [1.29, 1.82) is 0 Å². The molecule has 66 valence electrons. The summed E-state index contributed by atoms with van der Waals surface area (Å²) in [6.07, 6.45) is 0. The molecule has 0 aliphatic rings. The van der Waals surface area contributed by atoms with Gasteiger partial charge in [0.1, 0.15) is 4.88 Å². The molecule has 12 heavy (non-hydrogen) atoms. The molecular weight excluding hydrogens is 196 g/mol. The molecular formula is C7H9ClN2OS. The SMILES string of the molecule is CCNc1nc(C)c(C(=O)Cl)s1. The average Bonchev–Trinajstić information content (AvgIpc) is 2.32. The van der Waals surface area contributed by atoms with Gasteiger partial charge in [-0.15, -0.1) is 0 Å². The largest absolute Gasteiger partial charge is 0.362 e. The molecule has 1 heterocycles. The highest BCUT2D eigenvalue weighted by molar-refractivity contribution is 7.19. The van der Waals surface area contributed by atoms with Crippen molar-refractivity contribution in [3.8, 4) is 0 Å². The van der Waals surface area contributed by atoms with Crippen molar-refractivity contribution in [1.82, 2.24) is 4.98 Å². The van der Waals surface area contributed by atoms with E-state index in [0.29, 0.717) is 10.6 Å². The summed E-state index contributed by atoms with van der Waals surface area (Å²) in [7, 11) is 0. The summed E-state index contributed by atoms with van der Waals surface area (Å²) in [6.45, 7) is 4.54. The van der Waals surface area contributed by atoms with E-state index in [-0.39, 0.29) is 0 Å². The number of rotatable bonds is 3. The van der Waals surface area contributed by atoms with Crippen LogP contribution in [0.3, 0.4) is 0 Å². The van der Waals surface area contributed by atoms with E-state index in [1.165, 1.54) is 11.3 Å². The van der Waals surface area contributed by atoms with Crippen molar-refractivity contribution in [2.45, 2.75) is 13.8 Å². The Balaban J connectivity index is 2.92. The van der Waals surface area contributed by atoms with E-state index in [0.717, 1.165) is 11.7 Å². The first kappa shape index (κ1) is 9.48. The Morgan fingerprint density at radius 3 is 2.83 bits per heavy atom. The lowest BCUT2D eigenvalue weighted by Gasteiger charge is -1.92. The fourth-order valence-electron chi connectivity index (χ4n) is 0.806. The van der Waals surface area contributed by atoms with E-state index < -0.39 is 5.24 Å². The highest BCUT2D eigenvalue weighted by Crippen LogP contribution is 2.23. The number of nitrogens with one attached hydrogen (secondary N) is 1. The van der Waals surface area contributed by atoms with Crippen LogP contribution >= 0.6 is 22.9 Å². The second-order valence-corrected chi connectivity index (χ2v) is 3.58. The van der Waals surface area contributed by atoms with Crippen molar-refractivity contribution in [2.75, 3.05) is 11.9 Å². The second kappa shape index (κ2) is 3.87. The second-order valence-electron chi connectivity index (χ2n) is 2.24.